The number of aliphatic hydroxyl groups excluding tert-OH is 1. The second-order valence-electron chi connectivity index (χ2n) is 5.52. The zero-order valence-corrected chi connectivity index (χ0v) is 12.9. The summed E-state index contributed by atoms with van der Waals surface area (Å²) in [7, 11) is 0. The number of para-hydroxylation sites is 1. The standard InChI is InChI=1S/C18H21N3O2/c19-18(20-12-16(22)13-6-2-1-3-7-13)21-15-10-11-23-17-9-5-4-8-14(15)17/h1-9,15-16,22H,10-12H2,(H3,19,20,21). The minimum atomic E-state index is -0.654. The fourth-order valence-electron chi connectivity index (χ4n) is 2.68. The fraction of sp³-hybridized carbons (Fsp3) is 0.278. The maximum absolute atomic E-state index is 10.1. The molecule has 0 aromatic heterocycles. The molecule has 2 aromatic carbocycles. The van der Waals surface area contributed by atoms with Crippen LogP contribution in [0.5, 0.6) is 5.75 Å². The van der Waals surface area contributed by atoms with Crippen molar-refractivity contribution in [3.8, 4) is 5.75 Å². The van der Waals surface area contributed by atoms with Gasteiger partial charge in [0.05, 0.1) is 25.3 Å². The van der Waals surface area contributed by atoms with Gasteiger partial charge in [-0.25, -0.2) is 0 Å². The number of nitrogens with one attached hydrogen (secondary N) is 1. The Labute approximate surface area is 135 Å². The normalized spacial score (nSPS) is 18.7. The van der Waals surface area contributed by atoms with Crippen molar-refractivity contribution >= 4 is 5.96 Å². The van der Waals surface area contributed by atoms with Gasteiger partial charge in [0.2, 0.25) is 0 Å². The van der Waals surface area contributed by atoms with E-state index in [4.69, 9.17) is 10.5 Å². The predicted octanol–water partition coefficient (Wildman–Crippen LogP) is 2.15. The Morgan fingerprint density at radius 3 is 2.78 bits per heavy atom. The number of benzene rings is 2. The van der Waals surface area contributed by atoms with Crippen molar-refractivity contribution in [2.24, 2.45) is 10.7 Å². The maximum atomic E-state index is 10.1. The first kappa shape index (κ1) is 15.4. The Morgan fingerprint density at radius 1 is 1.22 bits per heavy atom. The van der Waals surface area contributed by atoms with Crippen molar-refractivity contribution in [1.82, 2.24) is 5.32 Å². The van der Waals surface area contributed by atoms with Crippen LogP contribution in [-0.4, -0.2) is 24.2 Å². The largest absolute Gasteiger partial charge is 0.493 e. The van der Waals surface area contributed by atoms with Crippen LogP contribution in [0, 0.1) is 0 Å². The van der Waals surface area contributed by atoms with Crippen LogP contribution < -0.4 is 15.8 Å². The van der Waals surface area contributed by atoms with Gasteiger partial charge in [0.15, 0.2) is 5.96 Å². The van der Waals surface area contributed by atoms with E-state index in [1.807, 2.05) is 54.6 Å². The van der Waals surface area contributed by atoms with E-state index in [0.717, 1.165) is 23.3 Å². The van der Waals surface area contributed by atoms with Crippen LogP contribution in [0.15, 0.2) is 59.6 Å². The van der Waals surface area contributed by atoms with Gasteiger partial charge in [-0.3, -0.25) is 4.99 Å². The van der Waals surface area contributed by atoms with E-state index in [0.29, 0.717) is 12.6 Å². The van der Waals surface area contributed by atoms with Crippen molar-refractivity contribution in [1.29, 1.82) is 0 Å². The Balaban J connectivity index is 1.62. The molecular formula is C18H21N3O2. The van der Waals surface area contributed by atoms with E-state index in [2.05, 4.69) is 10.3 Å². The number of guanidine groups is 1. The molecule has 0 fully saturated rings. The minimum absolute atomic E-state index is 0.0811. The summed E-state index contributed by atoms with van der Waals surface area (Å²) in [5, 5.41) is 13.3. The zero-order chi connectivity index (χ0) is 16.1. The summed E-state index contributed by atoms with van der Waals surface area (Å²) in [6.07, 6.45) is 0.174. The molecule has 0 saturated heterocycles. The van der Waals surface area contributed by atoms with Gasteiger partial charge >= 0.3 is 0 Å². The Morgan fingerprint density at radius 2 is 1.96 bits per heavy atom. The highest BCUT2D eigenvalue weighted by Crippen LogP contribution is 2.31. The molecule has 1 heterocycles. The van der Waals surface area contributed by atoms with Crippen LogP contribution in [0.1, 0.15) is 29.7 Å². The summed E-state index contributed by atoms with van der Waals surface area (Å²) >= 11 is 0. The van der Waals surface area contributed by atoms with Crippen molar-refractivity contribution < 1.29 is 9.84 Å². The number of fused-ring (bicyclic) bond motifs is 1. The summed E-state index contributed by atoms with van der Waals surface area (Å²) < 4.78 is 5.63. The number of aliphatic hydroxyl groups is 1. The van der Waals surface area contributed by atoms with E-state index in [1.54, 1.807) is 0 Å². The lowest BCUT2D eigenvalue weighted by molar-refractivity contribution is 0.187. The molecule has 1 aliphatic rings. The van der Waals surface area contributed by atoms with Crippen molar-refractivity contribution in [3.05, 3.63) is 65.7 Å². The Kier molecular flexibility index (Phi) is 4.78. The van der Waals surface area contributed by atoms with Gasteiger partial charge in [0, 0.05) is 12.0 Å². The third kappa shape index (κ3) is 3.81. The van der Waals surface area contributed by atoms with Crippen molar-refractivity contribution in [2.45, 2.75) is 18.6 Å². The van der Waals surface area contributed by atoms with Crippen molar-refractivity contribution in [3.63, 3.8) is 0 Å². The molecule has 4 N–H and O–H groups in total. The molecule has 5 heteroatoms. The van der Waals surface area contributed by atoms with Gasteiger partial charge in [-0.2, -0.15) is 0 Å². The van der Waals surface area contributed by atoms with Crippen LogP contribution in [0.2, 0.25) is 0 Å². The number of ether oxygens (including phenoxy) is 1. The Bertz CT molecular complexity index is 673. The van der Waals surface area contributed by atoms with Crippen molar-refractivity contribution in [2.75, 3.05) is 13.2 Å². The first-order valence-electron chi connectivity index (χ1n) is 7.75. The summed E-state index contributed by atoms with van der Waals surface area (Å²) in [6, 6.07) is 17.4. The highest BCUT2D eigenvalue weighted by Gasteiger charge is 2.21. The molecule has 5 nitrogen and oxygen atoms in total. The van der Waals surface area contributed by atoms with Gasteiger partial charge < -0.3 is 20.9 Å². The van der Waals surface area contributed by atoms with Gasteiger partial charge in [-0.1, -0.05) is 48.5 Å². The van der Waals surface area contributed by atoms with Gasteiger partial charge in [-0.15, -0.1) is 0 Å². The molecule has 120 valence electrons. The lowest BCUT2D eigenvalue weighted by atomic mass is 10.0. The zero-order valence-electron chi connectivity index (χ0n) is 12.9. The van der Waals surface area contributed by atoms with E-state index in [9.17, 15) is 5.11 Å². The first-order valence-corrected chi connectivity index (χ1v) is 7.75. The lowest BCUT2D eigenvalue weighted by Gasteiger charge is -2.27. The second-order valence-corrected chi connectivity index (χ2v) is 5.52. The highest BCUT2D eigenvalue weighted by molar-refractivity contribution is 5.78. The quantitative estimate of drug-likeness (QED) is 0.597. The van der Waals surface area contributed by atoms with E-state index >= 15 is 0 Å². The van der Waals surface area contributed by atoms with Gasteiger partial charge in [-0.05, 0) is 11.6 Å². The maximum Gasteiger partial charge on any atom is 0.189 e. The molecule has 0 bridgehead atoms. The number of nitrogens with two attached hydrogens (primary N) is 1. The molecule has 0 saturated carbocycles. The smallest absolute Gasteiger partial charge is 0.189 e. The van der Waals surface area contributed by atoms with Gasteiger partial charge in [0.1, 0.15) is 5.75 Å². The summed E-state index contributed by atoms with van der Waals surface area (Å²) in [5.74, 6) is 1.22. The number of rotatable bonds is 4. The molecular weight excluding hydrogens is 290 g/mol. The summed E-state index contributed by atoms with van der Waals surface area (Å²) in [6.45, 7) is 0.877. The third-order valence-corrected chi connectivity index (χ3v) is 3.90. The third-order valence-electron chi connectivity index (χ3n) is 3.90. The average Bonchev–Trinajstić information content (AvgIpc) is 2.61. The number of hydrogen-bond donors (Lipinski definition) is 3. The molecule has 2 aromatic rings. The number of aliphatic imine (C=N–C) groups is 1. The summed E-state index contributed by atoms with van der Waals surface area (Å²) in [4.78, 5) is 4.26. The molecule has 1 aliphatic heterocycles. The molecule has 0 amide bonds. The first-order chi connectivity index (χ1) is 11.2. The van der Waals surface area contributed by atoms with Gasteiger partial charge in [0.25, 0.3) is 0 Å². The number of nitrogens with zero attached hydrogens (tertiary/aromatic N) is 1. The topological polar surface area (TPSA) is 79.9 Å². The second kappa shape index (κ2) is 7.15. The molecule has 0 spiro atoms. The van der Waals surface area contributed by atoms with Crippen LogP contribution >= 0.6 is 0 Å². The molecule has 2 unspecified atom stereocenters. The highest BCUT2D eigenvalue weighted by atomic mass is 16.5. The minimum Gasteiger partial charge on any atom is -0.493 e. The molecule has 0 aliphatic carbocycles. The molecule has 23 heavy (non-hydrogen) atoms. The van der Waals surface area contributed by atoms with E-state index in [-0.39, 0.29) is 12.6 Å². The van der Waals surface area contributed by atoms with E-state index in [1.165, 1.54) is 0 Å². The predicted molar refractivity (Wildman–Crippen MR) is 90.3 cm³/mol. The monoisotopic (exact) mass is 311 g/mol. The molecule has 3 rings (SSSR count). The molecule has 0 radical (unpaired) electrons. The number of hydrogen-bond acceptors (Lipinski definition) is 3. The molecule has 2 atom stereocenters. The van der Waals surface area contributed by atoms with Crippen LogP contribution in [-0.2, 0) is 0 Å². The lowest BCUT2D eigenvalue weighted by Crippen LogP contribution is -2.37. The fourth-order valence-corrected chi connectivity index (χ4v) is 2.68. The Hall–Kier alpha value is -2.53. The SMILES string of the molecule is NC(=NCC(O)c1ccccc1)NC1CCOc2ccccc21. The van der Waals surface area contributed by atoms with Crippen LogP contribution in [0.4, 0.5) is 0 Å². The van der Waals surface area contributed by atoms with Crippen LogP contribution in [0.25, 0.3) is 0 Å². The summed E-state index contributed by atoms with van der Waals surface area (Å²) in [5.41, 5.74) is 7.89. The average molecular weight is 311 g/mol. The van der Waals surface area contributed by atoms with E-state index < -0.39 is 6.10 Å². The van der Waals surface area contributed by atoms with Crippen LogP contribution in [0.3, 0.4) is 0 Å².